The molecule has 1 heterocycles. The van der Waals surface area contributed by atoms with Gasteiger partial charge in [-0.15, -0.1) is 0 Å². The number of nitrogens with one attached hydrogen (secondary N) is 1. The van der Waals surface area contributed by atoms with E-state index in [0.29, 0.717) is 13.1 Å². The third kappa shape index (κ3) is 3.25. The summed E-state index contributed by atoms with van der Waals surface area (Å²) in [5, 5.41) is 3.26. The van der Waals surface area contributed by atoms with Crippen molar-refractivity contribution in [3.63, 3.8) is 0 Å². The first-order valence-corrected chi connectivity index (χ1v) is 6.46. The first-order valence-electron chi connectivity index (χ1n) is 4.85. The molecule has 4 nitrogen and oxygen atoms in total. The molecule has 1 saturated heterocycles. The largest absolute Gasteiger partial charge is 0.317 e. The quantitative estimate of drug-likeness (QED) is 0.693. The summed E-state index contributed by atoms with van der Waals surface area (Å²) in [5.41, 5.74) is 0. The molecule has 1 aliphatic heterocycles. The highest BCUT2D eigenvalue weighted by molar-refractivity contribution is 7.89. The van der Waals surface area contributed by atoms with Crippen LogP contribution in [-0.2, 0) is 10.0 Å². The summed E-state index contributed by atoms with van der Waals surface area (Å²) >= 11 is 0. The molecule has 0 saturated carbocycles. The average molecular weight is 206 g/mol. The molecular weight excluding hydrogens is 188 g/mol. The fraction of sp³-hybridized carbons (Fsp3) is 1.00. The number of rotatable bonds is 2. The van der Waals surface area contributed by atoms with Crippen molar-refractivity contribution in [1.82, 2.24) is 9.62 Å². The van der Waals surface area contributed by atoms with Crippen molar-refractivity contribution in [3.05, 3.63) is 0 Å². The van der Waals surface area contributed by atoms with Crippen LogP contribution >= 0.6 is 0 Å². The van der Waals surface area contributed by atoms with Gasteiger partial charge in [0, 0.05) is 13.1 Å². The molecule has 0 aromatic heterocycles. The van der Waals surface area contributed by atoms with Crippen molar-refractivity contribution >= 4 is 10.0 Å². The minimum atomic E-state index is -2.96. The zero-order chi connectivity index (χ0) is 9.73. The smallest absolute Gasteiger partial charge is 0.213 e. The summed E-state index contributed by atoms with van der Waals surface area (Å²) in [5.74, 6) is 0.223. The van der Waals surface area contributed by atoms with E-state index in [1.807, 2.05) is 0 Å². The fourth-order valence-electron chi connectivity index (χ4n) is 1.46. The third-order valence-electron chi connectivity index (χ3n) is 2.28. The maximum absolute atomic E-state index is 11.5. The van der Waals surface area contributed by atoms with Crippen LogP contribution in [0, 0.1) is 0 Å². The van der Waals surface area contributed by atoms with Gasteiger partial charge < -0.3 is 5.32 Å². The monoisotopic (exact) mass is 206 g/mol. The van der Waals surface area contributed by atoms with Gasteiger partial charge in [0.05, 0.1) is 5.75 Å². The first kappa shape index (κ1) is 10.9. The van der Waals surface area contributed by atoms with Crippen LogP contribution in [0.25, 0.3) is 0 Å². The molecule has 1 rings (SSSR count). The maximum atomic E-state index is 11.5. The predicted molar refractivity (Wildman–Crippen MR) is 53.1 cm³/mol. The summed E-state index contributed by atoms with van der Waals surface area (Å²) in [6.07, 6.45) is 1.83. The molecule has 0 amide bonds. The van der Waals surface area contributed by atoms with Crippen molar-refractivity contribution in [3.8, 4) is 0 Å². The van der Waals surface area contributed by atoms with Crippen LogP contribution in [0.4, 0.5) is 0 Å². The van der Waals surface area contributed by atoms with Crippen molar-refractivity contribution in [2.24, 2.45) is 0 Å². The van der Waals surface area contributed by atoms with Gasteiger partial charge in [-0.1, -0.05) is 0 Å². The minimum Gasteiger partial charge on any atom is -0.317 e. The lowest BCUT2D eigenvalue weighted by Crippen LogP contribution is -2.38. The molecule has 5 heteroatoms. The van der Waals surface area contributed by atoms with Crippen LogP contribution in [0.3, 0.4) is 0 Å². The lowest BCUT2D eigenvalue weighted by atomic mass is 10.3. The van der Waals surface area contributed by atoms with Crippen molar-refractivity contribution in [2.75, 3.05) is 31.9 Å². The average Bonchev–Trinajstić information content (AvgIpc) is 2.03. The molecule has 78 valence electrons. The predicted octanol–water partition coefficient (Wildman–Crippen LogP) is 0.0215. The van der Waals surface area contributed by atoms with E-state index < -0.39 is 10.0 Å². The van der Waals surface area contributed by atoms with Gasteiger partial charge in [-0.25, -0.2) is 12.7 Å². The Morgan fingerprint density at radius 1 is 1.23 bits per heavy atom. The fourth-order valence-corrected chi connectivity index (χ4v) is 2.64. The molecule has 0 bridgehead atoms. The van der Waals surface area contributed by atoms with Crippen molar-refractivity contribution in [1.29, 1.82) is 0 Å². The normalized spacial score (nSPS) is 22.2. The van der Waals surface area contributed by atoms with E-state index in [1.54, 1.807) is 11.2 Å². The topological polar surface area (TPSA) is 49.4 Å². The first-order chi connectivity index (χ1) is 6.17. The zero-order valence-electron chi connectivity index (χ0n) is 8.12. The highest BCUT2D eigenvalue weighted by Crippen LogP contribution is 2.05. The molecule has 1 N–H and O–H groups in total. The third-order valence-corrected chi connectivity index (χ3v) is 4.16. The van der Waals surface area contributed by atoms with Gasteiger partial charge in [-0.05, 0) is 32.9 Å². The van der Waals surface area contributed by atoms with E-state index in [4.69, 9.17) is 0 Å². The van der Waals surface area contributed by atoms with E-state index in [0.717, 1.165) is 25.9 Å². The molecule has 0 aromatic carbocycles. The molecule has 1 aliphatic rings. The van der Waals surface area contributed by atoms with E-state index >= 15 is 0 Å². The van der Waals surface area contributed by atoms with E-state index in [2.05, 4.69) is 5.32 Å². The Bertz CT molecular complexity index is 231. The zero-order valence-corrected chi connectivity index (χ0v) is 8.94. The van der Waals surface area contributed by atoms with Crippen molar-refractivity contribution in [2.45, 2.75) is 19.8 Å². The Labute approximate surface area is 80.4 Å². The molecule has 0 aromatic rings. The van der Waals surface area contributed by atoms with Crippen LogP contribution in [0.15, 0.2) is 0 Å². The van der Waals surface area contributed by atoms with Crippen LogP contribution in [-0.4, -0.2) is 44.7 Å². The van der Waals surface area contributed by atoms with Gasteiger partial charge in [0.25, 0.3) is 0 Å². The van der Waals surface area contributed by atoms with Crippen molar-refractivity contribution < 1.29 is 8.42 Å². The van der Waals surface area contributed by atoms with E-state index in [1.165, 1.54) is 0 Å². The van der Waals surface area contributed by atoms with E-state index in [-0.39, 0.29) is 5.75 Å². The molecule has 0 aliphatic carbocycles. The molecule has 0 radical (unpaired) electrons. The number of sulfonamides is 1. The molecule has 0 spiro atoms. The van der Waals surface area contributed by atoms with Gasteiger partial charge in [-0.2, -0.15) is 0 Å². The molecule has 0 atom stereocenters. The maximum Gasteiger partial charge on any atom is 0.213 e. The Balaban J connectivity index is 2.56. The van der Waals surface area contributed by atoms with E-state index in [9.17, 15) is 8.42 Å². The van der Waals surface area contributed by atoms with Crippen LogP contribution in [0.2, 0.25) is 0 Å². The molecule has 1 fully saturated rings. The van der Waals surface area contributed by atoms with Crippen LogP contribution in [0.5, 0.6) is 0 Å². The highest BCUT2D eigenvalue weighted by Gasteiger charge is 2.19. The second-order valence-electron chi connectivity index (χ2n) is 3.26. The van der Waals surface area contributed by atoms with Gasteiger partial charge in [0.1, 0.15) is 0 Å². The SMILES string of the molecule is CCS(=O)(=O)N1CCCNCCC1. The number of hydrogen-bond donors (Lipinski definition) is 1. The molecular formula is C8H18N2O2S. The van der Waals surface area contributed by atoms with Crippen LogP contribution in [0.1, 0.15) is 19.8 Å². The second kappa shape index (κ2) is 4.93. The Morgan fingerprint density at radius 2 is 1.77 bits per heavy atom. The standard InChI is InChI=1S/C8H18N2O2S/c1-2-13(11,12)10-7-3-5-9-6-4-8-10/h9H,2-8H2,1H3. The summed E-state index contributed by atoms with van der Waals surface area (Å²) in [6, 6.07) is 0. The van der Waals surface area contributed by atoms with Gasteiger partial charge in [0.15, 0.2) is 0 Å². The molecule has 0 unspecified atom stereocenters. The summed E-state index contributed by atoms with van der Waals surface area (Å²) in [6.45, 7) is 4.89. The van der Waals surface area contributed by atoms with Gasteiger partial charge >= 0.3 is 0 Å². The number of hydrogen-bond acceptors (Lipinski definition) is 3. The minimum absolute atomic E-state index is 0.223. The number of nitrogens with zero attached hydrogens (tertiary/aromatic N) is 1. The lowest BCUT2D eigenvalue weighted by Gasteiger charge is -2.23. The summed E-state index contributed by atoms with van der Waals surface area (Å²) < 4.78 is 24.7. The summed E-state index contributed by atoms with van der Waals surface area (Å²) in [7, 11) is -2.96. The lowest BCUT2D eigenvalue weighted by molar-refractivity contribution is 0.372. The Morgan fingerprint density at radius 3 is 2.23 bits per heavy atom. The second-order valence-corrected chi connectivity index (χ2v) is 5.51. The summed E-state index contributed by atoms with van der Waals surface area (Å²) in [4.78, 5) is 0. The highest BCUT2D eigenvalue weighted by atomic mass is 32.2. The van der Waals surface area contributed by atoms with Crippen LogP contribution < -0.4 is 5.32 Å². The Hall–Kier alpha value is -0.130. The Kier molecular flexibility index (Phi) is 4.15. The van der Waals surface area contributed by atoms with Gasteiger partial charge in [-0.3, -0.25) is 0 Å². The molecule has 13 heavy (non-hydrogen) atoms. The van der Waals surface area contributed by atoms with Gasteiger partial charge in [0.2, 0.25) is 10.0 Å².